The van der Waals surface area contributed by atoms with E-state index in [1.54, 1.807) is 78.9 Å². The highest BCUT2D eigenvalue weighted by molar-refractivity contribution is 9.10. The third kappa shape index (κ3) is 2.57. The van der Waals surface area contributed by atoms with Gasteiger partial charge in [0.15, 0.2) is 0 Å². The van der Waals surface area contributed by atoms with Crippen LogP contribution in [0.15, 0.2) is 83.3 Å². The number of ketones is 2. The van der Waals surface area contributed by atoms with Gasteiger partial charge in [-0.25, -0.2) is 4.90 Å². The van der Waals surface area contributed by atoms with Crippen LogP contribution in [0.2, 0.25) is 0 Å². The Morgan fingerprint density at radius 1 is 0.727 bits per heavy atom. The maximum atomic E-state index is 13.7. The van der Waals surface area contributed by atoms with Gasteiger partial charge in [-0.05, 0) is 29.8 Å². The van der Waals surface area contributed by atoms with Crippen LogP contribution in [-0.4, -0.2) is 29.0 Å². The molecule has 0 saturated carbocycles. The van der Waals surface area contributed by atoms with Gasteiger partial charge in [-0.1, -0.05) is 70.5 Å². The second-order valence-electron chi connectivity index (χ2n) is 8.38. The number of imide groups is 1. The van der Waals surface area contributed by atoms with Gasteiger partial charge in [-0.2, -0.15) is 0 Å². The molecule has 3 aromatic rings. The highest BCUT2D eigenvalue weighted by atomic mass is 79.9. The van der Waals surface area contributed by atoms with Gasteiger partial charge in [0, 0.05) is 15.6 Å². The van der Waals surface area contributed by atoms with Gasteiger partial charge in [0.2, 0.25) is 29.0 Å². The molecule has 2 fully saturated rings. The number of para-hydroxylation sites is 1. The molecule has 2 aliphatic heterocycles. The zero-order chi connectivity index (χ0) is 22.9. The van der Waals surface area contributed by atoms with Crippen molar-refractivity contribution in [2.24, 2.45) is 11.8 Å². The first-order chi connectivity index (χ1) is 15.9. The summed E-state index contributed by atoms with van der Waals surface area (Å²) in [7, 11) is 0. The summed E-state index contributed by atoms with van der Waals surface area (Å²) in [5.41, 5.74) is -0.588. The number of nitrogens with zero attached hydrogens (tertiary/aromatic N) is 1. The lowest BCUT2D eigenvalue weighted by molar-refractivity contribution is -0.127. The van der Waals surface area contributed by atoms with E-state index in [9.17, 15) is 19.2 Å². The topological polar surface area (TPSA) is 80.8 Å². The largest absolute Gasteiger partial charge is 0.349 e. The van der Waals surface area contributed by atoms with Gasteiger partial charge in [0.05, 0.1) is 23.6 Å². The molecule has 1 spiro atoms. The molecule has 0 unspecified atom stereocenters. The molecule has 0 N–H and O–H groups in total. The first-order valence-corrected chi connectivity index (χ1v) is 11.3. The highest BCUT2D eigenvalue weighted by Crippen LogP contribution is 2.57. The van der Waals surface area contributed by atoms with Crippen LogP contribution in [0.25, 0.3) is 0 Å². The lowest BCUT2D eigenvalue weighted by atomic mass is 9.77. The molecule has 6 rings (SSSR count). The number of hydrogen-bond acceptors (Lipinski definition) is 5. The lowest BCUT2D eigenvalue weighted by Gasteiger charge is -2.27. The number of anilines is 1. The number of amides is 2. The third-order valence-electron chi connectivity index (χ3n) is 6.73. The molecule has 1 aliphatic carbocycles. The van der Waals surface area contributed by atoms with Crippen molar-refractivity contribution in [3.63, 3.8) is 0 Å². The van der Waals surface area contributed by atoms with E-state index in [1.807, 2.05) is 0 Å². The monoisotopic (exact) mass is 501 g/mol. The second-order valence-corrected chi connectivity index (χ2v) is 9.30. The number of benzene rings is 3. The number of Topliss-reactive ketones (excluding diaryl/α,β-unsaturated/α-hetero) is 2. The summed E-state index contributed by atoms with van der Waals surface area (Å²) < 4.78 is 7.08. The molecule has 6 nitrogen and oxygen atoms in total. The molecule has 0 bridgehead atoms. The average Bonchev–Trinajstić information content (AvgIpc) is 3.40. The van der Waals surface area contributed by atoms with E-state index in [0.717, 1.165) is 9.37 Å². The first-order valence-electron chi connectivity index (χ1n) is 10.5. The van der Waals surface area contributed by atoms with E-state index in [1.165, 1.54) is 0 Å². The molecule has 0 aromatic heterocycles. The van der Waals surface area contributed by atoms with Crippen LogP contribution in [0.4, 0.5) is 5.69 Å². The van der Waals surface area contributed by atoms with E-state index >= 15 is 0 Å². The summed E-state index contributed by atoms with van der Waals surface area (Å²) in [6, 6.07) is 22.1. The Hall–Kier alpha value is -3.42. The zero-order valence-corrected chi connectivity index (χ0v) is 18.7. The van der Waals surface area contributed by atoms with Crippen molar-refractivity contribution in [2.75, 3.05) is 4.90 Å². The summed E-state index contributed by atoms with van der Waals surface area (Å²) in [5, 5.41) is 0. The number of carbonyl (C=O) groups excluding carboxylic acids is 4. The Morgan fingerprint density at radius 3 is 1.91 bits per heavy atom. The van der Waals surface area contributed by atoms with Crippen LogP contribution in [0, 0.1) is 11.8 Å². The summed E-state index contributed by atoms with van der Waals surface area (Å²) in [6.07, 6.45) is -0.921. The minimum absolute atomic E-state index is 0.219. The Kier molecular flexibility index (Phi) is 4.31. The third-order valence-corrected chi connectivity index (χ3v) is 7.26. The van der Waals surface area contributed by atoms with Crippen LogP contribution < -0.4 is 4.90 Å². The van der Waals surface area contributed by atoms with E-state index in [2.05, 4.69) is 15.9 Å². The standard InChI is InChI=1S/C26H16BrNO5/c27-15-12-10-14(11-13-15)21-19-20(25(32)28(24(19)31)16-6-2-1-3-7-16)26(33-21)22(29)17-8-4-5-9-18(17)23(26)30/h1-13,19-21H/t19-,20-,21+/m0/s1. The Bertz CT molecular complexity index is 1320. The molecule has 2 amide bonds. The SMILES string of the molecule is O=C1[C@@H]2[C@@H](c3ccc(Br)cc3)OC3(C(=O)c4ccccc4C3=O)[C@@H]2C(=O)N1c1ccccc1. The fraction of sp³-hybridized carbons (Fsp3) is 0.154. The van der Waals surface area contributed by atoms with Crippen LogP contribution in [0.5, 0.6) is 0 Å². The molecule has 3 atom stereocenters. The predicted molar refractivity (Wildman–Crippen MR) is 122 cm³/mol. The van der Waals surface area contributed by atoms with Crippen LogP contribution in [0.3, 0.4) is 0 Å². The molecular weight excluding hydrogens is 486 g/mol. The smallest absolute Gasteiger partial charge is 0.241 e. The van der Waals surface area contributed by atoms with Crippen LogP contribution in [-0.2, 0) is 14.3 Å². The fourth-order valence-electron chi connectivity index (χ4n) is 5.30. The predicted octanol–water partition coefficient (Wildman–Crippen LogP) is 4.14. The summed E-state index contributed by atoms with van der Waals surface area (Å²) in [4.78, 5) is 55.8. The molecule has 2 heterocycles. The second kappa shape index (κ2) is 7.04. The summed E-state index contributed by atoms with van der Waals surface area (Å²) in [5.74, 6) is -4.43. The number of rotatable bonds is 2. The minimum atomic E-state index is -2.05. The molecule has 0 radical (unpaired) electrons. The fourth-order valence-corrected chi connectivity index (χ4v) is 5.57. The van der Waals surface area contributed by atoms with E-state index in [-0.39, 0.29) is 11.1 Å². The molecule has 3 aromatic carbocycles. The summed E-state index contributed by atoms with van der Waals surface area (Å²) in [6.45, 7) is 0. The molecule has 3 aliphatic rings. The maximum absolute atomic E-state index is 13.7. The quantitative estimate of drug-likeness (QED) is 0.389. The van der Waals surface area contributed by atoms with Gasteiger partial charge >= 0.3 is 0 Å². The number of carbonyl (C=O) groups is 4. The molecular formula is C26H16BrNO5. The molecule has 2 saturated heterocycles. The average molecular weight is 502 g/mol. The van der Waals surface area contributed by atoms with Crippen molar-refractivity contribution in [3.05, 3.63) is 100 Å². The highest BCUT2D eigenvalue weighted by Gasteiger charge is 2.74. The number of halogens is 1. The van der Waals surface area contributed by atoms with Crippen molar-refractivity contribution in [1.82, 2.24) is 0 Å². The minimum Gasteiger partial charge on any atom is -0.349 e. The van der Waals surface area contributed by atoms with Gasteiger partial charge < -0.3 is 4.74 Å². The number of hydrogen-bond donors (Lipinski definition) is 0. The Labute approximate surface area is 197 Å². The van der Waals surface area contributed by atoms with Crippen molar-refractivity contribution in [3.8, 4) is 0 Å². The van der Waals surface area contributed by atoms with E-state index in [4.69, 9.17) is 4.74 Å². The van der Waals surface area contributed by atoms with Crippen molar-refractivity contribution in [1.29, 1.82) is 0 Å². The van der Waals surface area contributed by atoms with Gasteiger partial charge in [0.25, 0.3) is 0 Å². The van der Waals surface area contributed by atoms with Crippen LogP contribution >= 0.6 is 15.9 Å². The molecule has 7 heteroatoms. The Morgan fingerprint density at radius 2 is 1.30 bits per heavy atom. The van der Waals surface area contributed by atoms with Crippen molar-refractivity contribution >= 4 is 45.0 Å². The number of ether oxygens (including phenoxy) is 1. The lowest BCUT2D eigenvalue weighted by Crippen LogP contribution is -2.51. The molecule has 162 valence electrons. The van der Waals surface area contributed by atoms with Crippen molar-refractivity contribution in [2.45, 2.75) is 11.7 Å². The summed E-state index contributed by atoms with van der Waals surface area (Å²) >= 11 is 3.39. The van der Waals surface area contributed by atoms with Gasteiger partial charge in [0.1, 0.15) is 0 Å². The Balaban J connectivity index is 1.55. The first kappa shape index (κ1) is 20.2. The molecule has 33 heavy (non-hydrogen) atoms. The van der Waals surface area contributed by atoms with Crippen molar-refractivity contribution < 1.29 is 23.9 Å². The maximum Gasteiger partial charge on any atom is 0.241 e. The van der Waals surface area contributed by atoms with Gasteiger partial charge in [-0.3, -0.25) is 19.2 Å². The van der Waals surface area contributed by atoms with E-state index < -0.39 is 46.9 Å². The number of fused-ring (bicyclic) bond motifs is 3. The zero-order valence-electron chi connectivity index (χ0n) is 17.1. The van der Waals surface area contributed by atoms with Gasteiger partial charge in [-0.15, -0.1) is 0 Å². The van der Waals surface area contributed by atoms with Crippen LogP contribution in [0.1, 0.15) is 32.4 Å². The normalized spacial score (nSPS) is 25.1. The van der Waals surface area contributed by atoms with E-state index in [0.29, 0.717) is 11.3 Å².